The average molecular weight is 334 g/mol. The van der Waals surface area contributed by atoms with Gasteiger partial charge in [0.25, 0.3) is 0 Å². The Bertz CT molecular complexity index is 529. The van der Waals surface area contributed by atoms with E-state index in [4.69, 9.17) is 5.73 Å². The number of unbranched alkanes of at least 4 members (excludes halogenated alkanes) is 3. The molecule has 3 N–H and O–H groups in total. The monoisotopic (exact) mass is 333 g/mol. The third-order valence-corrected chi connectivity index (χ3v) is 4.77. The van der Waals surface area contributed by atoms with Gasteiger partial charge in [0.05, 0.1) is 0 Å². The van der Waals surface area contributed by atoms with E-state index in [1.165, 1.54) is 5.56 Å². The lowest BCUT2D eigenvalue weighted by molar-refractivity contribution is -0.123. The number of primary amides is 1. The first-order valence-corrected chi connectivity index (χ1v) is 9.24. The molecule has 0 bridgehead atoms. The van der Waals surface area contributed by atoms with E-state index in [1.54, 1.807) is 0 Å². The predicted molar refractivity (Wildman–Crippen MR) is 101 cm³/mol. The van der Waals surface area contributed by atoms with E-state index < -0.39 is 0 Å². The molecule has 136 valence electrons. The van der Waals surface area contributed by atoms with Crippen LogP contribution in [0.1, 0.15) is 77.8 Å². The Morgan fingerprint density at radius 2 is 1.75 bits per heavy atom. The highest BCUT2D eigenvalue weighted by Gasteiger charge is 2.19. The van der Waals surface area contributed by atoms with Gasteiger partial charge in [0, 0.05) is 5.92 Å². The van der Waals surface area contributed by atoms with Crippen molar-refractivity contribution in [2.75, 3.05) is 0 Å². The maximum atomic E-state index is 11.4. The Hall–Kier alpha value is -1.51. The third-order valence-electron chi connectivity index (χ3n) is 4.77. The quantitative estimate of drug-likeness (QED) is 0.629. The Kier molecular flexibility index (Phi) is 7.78. The molecule has 3 nitrogen and oxygen atoms in total. The fraction of sp³-hybridized carbons (Fsp3) is 0.667. The number of carbonyl (C=O) groups excluding carboxylic acids is 1. The number of aryl methyl sites for hydroxylation is 1. The van der Waals surface area contributed by atoms with Gasteiger partial charge in [-0.3, -0.25) is 4.79 Å². The maximum Gasteiger partial charge on any atom is 0.220 e. The molecule has 1 aromatic rings. The van der Waals surface area contributed by atoms with Crippen molar-refractivity contribution in [1.29, 1.82) is 0 Å². The number of aromatic hydroxyl groups is 1. The summed E-state index contributed by atoms with van der Waals surface area (Å²) in [5, 5.41) is 10.2. The Morgan fingerprint density at radius 1 is 1.12 bits per heavy atom. The number of hydrogen-bond acceptors (Lipinski definition) is 2. The Labute approximate surface area is 147 Å². The number of hydrogen-bond donors (Lipinski definition) is 2. The molecule has 1 amide bonds. The average Bonchev–Trinajstić information content (AvgIpc) is 2.44. The van der Waals surface area contributed by atoms with Crippen molar-refractivity contribution in [3.63, 3.8) is 0 Å². The SMILES string of the molecule is CC(C)C(CCCCCCc1ccc(C(C)(C)C)c(O)c1)C(N)=O. The van der Waals surface area contributed by atoms with Crippen LogP contribution in [0.15, 0.2) is 18.2 Å². The molecule has 0 aliphatic carbocycles. The molecule has 1 aromatic carbocycles. The number of phenols is 1. The van der Waals surface area contributed by atoms with Gasteiger partial charge in [0.1, 0.15) is 5.75 Å². The van der Waals surface area contributed by atoms with Crippen LogP contribution in [0.3, 0.4) is 0 Å². The summed E-state index contributed by atoms with van der Waals surface area (Å²) in [6, 6.07) is 6.08. The molecule has 3 heteroatoms. The van der Waals surface area contributed by atoms with Gasteiger partial charge in [-0.1, -0.05) is 66.0 Å². The van der Waals surface area contributed by atoms with Crippen molar-refractivity contribution in [2.24, 2.45) is 17.6 Å². The molecule has 1 rings (SSSR count). The fourth-order valence-corrected chi connectivity index (χ4v) is 3.22. The van der Waals surface area contributed by atoms with Crippen molar-refractivity contribution in [3.8, 4) is 5.75 Å². The van der Waals surface area contributed by atoms with Gasteiger partial charge in [-0.2, -0.15) is 0 Å². The molecular weight excluding hydrogens is 298 g/mol. The first-order chi connectivity index (χ1) is 11.1. The summed E-state index contributed by atoms with van der Waals surface area (Å²) >= 11 is 0. The van der Waals surface area contributed by atoms with Crippen LogP contribution in [0.5, 0.6) is 5.75 Å². The second-order valence-corrected chi connectivity index (χ2v) is 8.31. The number of carbonyl (C=O) groups is 1. The van der Waals surface area contributed by atoms with Gasteiger partial charge in [0.2, 0.25) is 5.91 Å². The van der Waals surface area contributed by atoms with Crippen LogP contribution < -0.4 is 5.73 Å². The van der Waals surface area contributed by atoms with Gasteiger partial charge >= 0.3 is 0 Å². The van der Waals surface area contributed by atoms with Gasteiger partial charge < -0.3 is 10.8 Å². The van der Waals surface area contributed by atoms with E-state index in [-0.39, 0.29) is 17.2 Å². The van der Waals surface area contributed by atoms with E-state index >= 15 is 0 Å². The van der Waals surface area contributed by atoms with Gasteiger partial charge in [0.15, 0.2) is 0 Å². The van der Waals surface area contributed by atoms with Gasteiger partial charge in [-0.15, -0.1) is 0 Å². The summed E-state index contributed by atoms with van der Waals surface area (Å²) in [7, 11) is 0. The number of amides is 1. The van der Waals surface area contributed by atoms with Crippen LogP contribution in [-0.4, -0.2) is 11.0 Å². The van der Waals surface area contributed by atoms with E-state index in [9.17, 15) is 9.90 Å². The van der Waals surface area contributed by atoms with E-state index in [0.717, 1.165) is 44.1 Å². The largest absolute Gasteiger partial charge is 0.508 e. The lowest BCUT2D eigenvalue weighted by Crippen LogP contribution is -2.27. The van der Waals surface area contributed by atoms with E-state index in [0.29, 0.717) is 11.7 Å². The zero-order chi connectivity index (χ0) is 18.3. The number of phenolic OH excluding ortho intramolecular Hbond substituents is 1. The summed E-state index contributed by atoms with van der Waals surface area (Å²) in [5.41, 5.74) is 7.61. The van der Waals surface area contributed by atoms with Crippen molar-refractivity contribution in [1.82, 2.24) is 0 Å². The minimum Gasteiger partial charge on any atom is -0.508 e. The van der Waals surface area contributed by atoms with E-state index in [1.807, 2.05) is 12.1 Å². The number of nitrogens with two attached hydrogens (primary N) is 1. The molecule has 0 fully saturated rings. The Balaban J connectivity index is 2.34. The van der Waals surface area contributed by atoms with Crippen LogP contribution in [0.4, 0.5) is 0 Å². The fourth-order valence-electron chi connectivity index (χ4n) is 3.22. The predicted octanol–water partition coefficient (Wildman–Crippen LogP) is 4.94. The van der Waals surface area contributed by atoms with Crippen molar-refractivity contribution in [3.05, 3.63) is 29.3 Å². The second-order valence-electron chi connectivity index (χ2n) is 8.31. The molecule has 1 unspecified atom stereocenters. The highest BCUT2D eigenvalue weighted by Crippen LogP contribution is 2.31. The van der Waals surface area contributed by atoms with Crippen molar-refractivity contribution < 1.29 is 9.90 Å². The van der Waals surface area contributed by atoms with Crippen LogP contribution >= 0.6 is 0 Å². The molecular formula is C21H35NO2. The number of benzene rings is 1. The highest BCUT2D eigenvalue weighted by molar-refractivity contribution is 5.76. The summed E-state index contributed by atoms with van der Waals surface area (Å²) in [5.74, 6) is 0.569. The van der Waals surface area contributed by atoms with Crippen LogP contribution in [0, 0.1) is 11.8 Å². The first kappa shape index (κ1) is 20.5. The summed E-state index contributed by atoms with van der Waals surface area (Å²) in [4.78, 5) is 11.4. The lowest BCUT2D eigenvalue weighted by atomic mass is 9.85. The molecule has 0 saturated heterocycles. The topological polar surface area (TPSA) is 63.3 Å². The smallest absolute Gasteiger partial charge is 0.220 e. The molecule has 0 heterocycles. The van der Waals surface area contributed by atoms with Crippen LogP contribution in [-0.2, 0) is 16.6 Å². The molecule has 0 spiro atoms. The molecule has 0 radical (unpaired) electrons. The summed E-state index contributed by atoms with van der Waals surface area (Å²) in [6.45, 7) is 10.4. The van der Waals surface area contributed by atoms with Gasteiger partial charge in [-0.05, 0) is 47.8 Å². The normalized spacial score (nSPS) is 13.2. The van der Waals surface area contributed by atoms with Crippen molar-refractivity contribution in [2.45, 2.75) is 78.6 Å². The van der Waals surface area contributed by atoms with Crippen LogP contribution in [0.2, 0.25) is 0 Å². The maximum absolute atomic E-state index is 11.4. The highest BCUT2D eigenvalue weighted by atomic mass is 16.3. The minimum atomic E-state index is -0.167. The summed E-state index contributed by atoms with van der Waals surface area (Å²) < 4.78 is 0. The molecule has 1 atom stereocenters. The minimum absolute atomic E-state index is 0.00638. The standard InChI is InChI=1S/C21H35NO2/c1-15(2)17(20(22)24)11-9-7-6-8-10-16-12-13-18(19(23)14-16)21(3,4)5/h12-15,17,23H,6-11H2,1-5H3,(H2,22,24). The lowest BCUT2D eigenvalue weighted by Gasteiger charge is -2.20. The first-order valence-electron chi connectivity index (χ1n) is 9.24. The molecule has 0 aliphatic heterocycles. The van der Waals surface area contributed by atoms with Crippen molar-refractivity contribution >= 4 is 5.91 Å². The third kappa shape index (κ3) is 6.54. The molecule has 0 aromatic heterocycles. The van der Waals surface area contributed by atoms with Crippen LogP contribution in [0.25, 0.3) is 0 Å². The second kappa shape index (κ2) is 9.10. The molecule has 0 aliphatic rings. The zero-order valence-corrected chi connectivity index (χ0v) is 16.1. The Morgan fingerprint density at radius 3 is 2.25 bits per heavy atom. The zero-order valence-electron chi connectivity index (χ0n) is 16.1. The molecule has 24 heavy (non-hydrogen) atoms. The molecule has 0 saturated carbocycles. The van der Waals surface area contributed by atoms with E-state index in [2.05, 4.69) is 40.7 Å². The number of rotatable bonds is 9. The van der Waals surface area contributed by atoms with Gasteiger partial charge in [-0.25, -0.2) is 0 Å². The summed E-state index contributed by atoms with van der Waals surface area (Å²) in [6.07, 6.45) is 6.32.